The Kier molecular flexibility index (Phi) is 5.65. The first kappa shape index (κ1) is 21.6. The fourth-order valence-electron chi connectivity index (χ4n) is 4.86. The van der Waals surface area contributed by atoms with Crippen molar-refractivity contribution < 1.29 is 4.74 Å². The Labute approximate surface area is 185 Å². The van der Waals surface area contributed by atoms with Crippen LogP contribution in [-0.2, 0) is 17.7 Å². The Morgan fingerprint density at radius 1 is 0.935 bits per heavy atom. The van der Waals surface area contributed by atoms with Crippen molar-refractivity contribution in [3.05, 3.63) is 52.0 Å². The highest BCUT2D eigenvalue weighted by Crippen LogP contribution is 2.35. The molecular weight excluding hydrogens is 384 g/mol. The molecule has 0 N–H and O–H groups in total. The van der Waals surface area contributed by atoms with Gasteiger partial charge in [0.05, 0.1) is 29.7 Å². The third-order valence-corrected chi connectivity index (χ3v) is 6.11. The number of aromatic nitrogens is 4. The van der Waals surface area contributed by atoms with Crippen LogP contribution < -0.4 is 0 Å². The van der Waals surface area contributed by atoms with Gasteiger partial charge in [-0.3, -0.25) is 0 Å². The normalized spacial score (nSPS) is 12.0. The summed E-state index contributed by atoms with van der Waals surface area (Å²) in [5.41, 5.74) is 11.6. The van der Waals surface area contributed by atoms with Gasteiger partial charge >= 0.3 is 0 Å². The van der Waals surface area contributed by atoms with E-state index in [-0.39, 0.29) is 6.10 Å². The van der Waals surface area contributed by atoms with Crippen LogP contribution >= 0.6 is 0 Å². The Morgan fingerprint density at radius 2 is 1.61 bits per heavy atom. The van der Waals surface area contributed by atoms with E-state index < -0.39 is 0 Å². The van der Waals surface area contributed by atoms with Crippen LogP contribution in [0.3, 0.4) is 0 Å². The van der Waals surface area contributed by atoms with Gasteiger partial charge in [0.25, 0.3) is 0 Å². The third kappa shape index (κ3) is 3.65. The van der Waals surface area contributed by atoms with Gasteiger partial charge in [-0.2, -0.15) is 9.61 Å². The minimum Gasteiger partial charge on any atom is -0.377 e. The average molecular weight is 419 g/mol. The quantitative estimate of drug-likeness (QED) is 0.393. The Balaban J connectivity index is 2.01. The predicted octanol–water partition coefficient (Wildman–Crippen LogP) is 5.88. The number of fused-ring (bicyclic) bond motifs is 3. The predicted molar refractivity (Wildman–Crippen MR) is 128 cm³/mol. The summed E-state index contributed by atoms with van der Waals surface area (Å²) in [6.45, 7) is 18.6. The van der Waals surface area contributed by atoms with E-state index in [2.05, 4.69) is 82.7 Å². The molecule has 0 saturated carbocycles. The monoisotopic (exact) mass is 418 g/mol. The molecule has 0 amide bonds. The van der Waals surface area contributed by atoms with Gasteiger partial charge < -0.3 is 9.30 Å². The molecule has 0 aliphatic carbocycles. The SMILES string of the molecule is CCc1cc2c(C)nc3c(-c4c(C)cc(C)cc4C)c(C)nn3c2n1CCOC(C)C. The summed E-state index contributed by atoms with van der Waals surface area (Å²) in [4.78, 5) is 5.06. The minimum atomic E-state index is 0.223. The van der Waals surface area contributed by atoms with Crippen LogP contribution in [0, 0.1) is 34.6 Å². The van der Waals surface area contributed by atoms with Crippen molar-refractivity contribution in [1.82, 2.24) is 19.2 Å². The molecule has 0 fully saturated rings. The largest absolute Gasteiger partial charge is 0.377 e. The number of hydrogen-bond donors (Lipinski definition) is 0. The lowest BCUT2D eigenvalue weighted by molar-refractivity contribution is 0.0729. The first-order valence-corrected chi connectivity index (χ1v) is 11.3. The molecule has 0 unspecified atom stereocenters. The summed E-state index contributed by atoms with van der Waals surface area (Å²) in [6.07, 6.45) is 1.18. The van der Waals surface area contributed by atoms with Gasteiger partial charge in [0, 0.05) is 17.6 Å². The molecule has 5 heteroatoms. The topological polar surface area (TPSA) is 44.4 Å². The summed E-state index contributed by atoms with van der Waals surface area (Å²) in [7, 11) is 0. The maximum atomic E-state index is 5.88. The van der Waals surface area contributed by atoms with E-state index in [4.69, 9.17) is 14.8 Å². The first-order chi connectivity index (χ1) is 14.7. The van der Waals surface area contributed by atoms with Crippen LogP contribution in [0.15, 0.2) is 18.2 Å². The van der Waals surface area contributed by atoms with Crippen LogP contribution in [-0.4, -0.2) is 31.9 Å². The molecule has 3 aromatic heterocycles. The number of benzene rings is 1. The molecule has 0 bridgehead atoms. The molecule has 3 heterocycles. The molecule has 4 aromatic rings. The molecule has 31 heavy (non-hydrogen) atoms. The van der Waals surface area contributed by atoms with E-state index in [1.165, 1.54) is 33.3 Å². The van der Waals surface area contributed by atoms with Crippen molar-refractivity contribution in [1.29, 1.82) is 0 Å². The molecule has 4 rings (SSSR count). The Hall–Kier alpha value is -2.66. The lowest BCUT2D eigenvalue weighted by Gasteiger charge is -2.13. The summed E-state index contributed by atoms with van der Waals surface area (Å²) < 4.78 is 10.3. The second kappa shape index (κ2) is 8.12. The van der Waals surface area contributed by atoms with E-state index in [0.717, 1.165) is 41.2 Å². The van der Waals surface area contributed by atoms with Crippen molar-refractivity contribution in [2.24, 2.45) is 0 Å². The lowest BCUT2D eigenvalue weighted by Crippen LogP contribution is -2.13. The summed E-state index contributed by atoms with van der Waals surface area (Å²) in [5, 5.41) is 6.17. The second-order valence-electron chi connectivity index (χ2n) is 8.96. The highest BCUT2D eigenvalue weighted by Gasteiger charge is 2.22. The molecule has 0 spiro atoms. The highest BCUT2D eigenvalue weighted by molar-refractivity contribution is 5.90. The fraction of sp³-hybridized carbons (Fsp3) is 0.462. The van der Waals surface area contributed by atoms with Crippen LogP contribution in [0.4, 0.5) is 0 Å². The first-order valence-electron chi connectivity index (χ1n) is 11.3. The van der Waals surface area contributed by atoms with E-state index >= 15 is 0 Å². The van der Waals surface area contributed by atoms with E-state index in [1.807, 2.05) is 0 Å². The zero-order chi connectivity index (χ0) is 22.4. The standard InChI is InChI=1S/C26H34N4O/c1-9-21-14-22-19(7)27-25-24(23-17(5)12-16(4)13-18(23)6)20(8)28-30(25)26(22)29(21)10-11-31-15(2)3/h12-15H,9-11H2,1-8H3. The molecule has 1 aromatic carbocycles. The number of rotatable bonds is 6. The lowest BCUT2D eigenvalue weighted by atomic mass is 9.94. The van der Waals surface area contributed by atoms with Crippen molar-refractivity contribution in [3.63, 3.8) is 0 Å². The molecular formula is C26H34N4O. The van der Waals surface area contributed by atoms with Gasteiger partial charge in [-0.1, -0.05) is 24.6 Å². The van der Waals surface area contributed by atoms with Gasteiger partial charge in [-0.25, -0.2) is 4.98 Å². The van der Waals surface area contributed by atoms with Crippen LogP contribution in [0.25, 0.3) is 27.8 Å². The zero-order valence-corrected chi connectivity index (χ0v) is 20.1. The summed E-state index contributed by atoms with van der Waals surface area (Å²) in [6, 6.07) is 6.77. The van der Waals surface area contributed by atoms with Crippen LogP contribution in [0.5, 0.6) is 0 Å². The van der Waals surface area contributed by atoms with Crippen molar-refractivity contribution in [2.75, 3.05) is 6.61 Å². The van der Waals surface area contributed by atoms with E-state index in [9.17, 15) is 0 Å². The third-order valence-electron chi connectivity index (χ3n) is 6.11. The van der Waals surface area contributed by atoms with Gasteiger partial charge in [-0.15, -0.1) is 0 Å². The number of aryl methyl sites for hydroxylation is 6. The maximum Gasteiger partial charge on any atom is 0.165 e. The summed E-state index contributed by atoms with van der Waals surface area (Å²) in [5.74, 6) is 0. The second-order valence-corrected chi connectivity index (χ2v) is 8.96. The molecule has 164 valence electrons. The maximum absolute atomic E-state index is 5.88. The highest BCUT2D eigenvalue weighted by atomic mass is 16.5. The van der Waals surface area contributed by atoms with Crippen molar-refractivity contribution >= 4 is 16.7 Å². The fourth-order valence-corrected chi connectivity index (χ4v) is 4.86. The number of ether oxygens (including phenoxy) is 1. The van der Waals surface area contributed by atoms with Gasteiger partial charge in [-0.05, 0) is 77.6 Å². The molecule has 0 aliphatic heterocycles. The molecule has 0 atom stereocenters. The van der Waals surface area contributed by atoms with Crippen LogP contribution in [0.1, 0.15) is 54.5 Å². The Morgan fingerprint density at radius 3 is 2.23 bits per heavy atom. The molecule has 0 aliphatic rings. The van der Waals surface area contributed by atoms with Crippen molar-refractivity contribution in [2.45, 2.75) is 74.5 Å². The van der Waals surface area contributed by atoms with Gasteiger partial charge in [0.1, 0.15) is 5.65 Å². The molecule has 5 nitrogen and oxygen atoms in total. The Bertz CT molecular complexity index is 1250. The van der Waals surface area contributed by atoms with Crippen LogP contribution in [0.2, 0.25) is 0 Å². The van der Waals surface area contributed by atoms with E-state index in [1.54, 1.807) is 0 Å². The summed E-state index contributed by atoms with van der Waals surface area (Å²) >= 11 is 0. The van der Waals surface area contributed by atoms with E-state index in [0.29, 0.717) is 6.61 Å². The smallest absolute Gasteiger partial charge is 0.165 e. The molecule has 0 saturated heterocycles. The number of hydrogen-bond acceptors (Lipinski definition) is 3. The van der Waals surface area contributed by atoms with Gasteiger partial charge in [0.15, 0.2) is 5.65 Å². The molecule has 0 radical (unpaired) electrons. The van der Waals surface area contributed by atoms with Crippen molar-refractivity contribution in [3.8, 4) is 11.1 Å². The zero-order valence-electron chi connectivity index (χ0n) is 20.1. The minimum absolute atomic E-state index is 0.223. The average Bonchev–Trinajstić information content (AvgIpc) is 3.20. The van der Waals surface area contributed by atoms with Gasteiger partial charge in [0.2, 0.25) is 0 Å². The number of nitrogens with zero attached hydrogens (tertiary/aromatic N) is 4.